The molecule has 102 valence electrons. The number of benzene rings is 2. The summed E-state index contributed by atoms with van der Waals surface area (Å²) in [5.74, 6) is -0.418. The highest BCUT2D eigenvalue weighted by Gasteiger charge is 2.15. The fourth-order valence-electron chi connectivity index (χ4n) is 2.12. The van der Waals surface area contributed by atoms with Gasteiger partial charge in [0.25, 0.3) is 0 Å². The zero-order valence-corrected chi connectivity index (χ0v) is 11.7. The topological polar surface area (TPSA) is 68.9 Å². The number of fused-ring (bicyclic) bond motifs is 1. The number of rotatable bonds is 2. The molecule has 4 nitrogen and oxygen atoms in total. The van der Waals surface area contributed by atoms with E-state index in [2.05, 4.69) is 25.9 Å². The molecule has 0 saturated heterocycles. The van der Waals surface area contributed by atoms with Gasteiger partial charge in [0.2, 0.25) is 0 Å². The third-order valence-electron chi connectivity index (χ3n) is 3.11. The van der Waals surface area contributed by atoms with E-state index in [1.807, 2.05) is 0 Å². The molecule has 0 fully saturated rings. The summed E-state index contributed by atoms with van der Waals surface area (Å²) in [5, 5.41) is 10.4. The van der Waals surface area contributed by atoms with Crippen LogP contribution in [0.25, 0.3) is 11.0 Å². The van der Waals surface area contributed by atoms with Gasteiger partial charge in [-0.15, -0.1) is 0 Å². The number of aromatic amines is 2. The molecule has 20 heavy (non-hydrogen) atoms. The van der Waals surface area contributed by atoms with Crippen LogP contribution in [0.2, 0.25) is 0 Å². The standard InChI is InChI=1S/C14H10BrFN2O2/c15-10-3-2-8(16)6-9(10)13(19)7-1-4-11-12(5-7)18-14(20)17-11/h1-6,13,19H,(H2,17,18,20). The van der Waals surface area contributed by atoms with Crippen molar-refractivity contribution >= 4 is 27.0 Å². The quantitative estimate of drug-likeness (QED) is 0.673. The molecule has 0 amide bonds. The highest BCUT2D eigenvalue weighted by molar-refractivity contribution is 9.10. The Kier molecular flexibility index (Phi) is 3.19. The lowest BCUT2D eigenvalue weighted by Gasteiger charge is -2.13. The molecule has 1 unspecified atom stereocenters. The first-order chi connectivity index (χ1) is 9.54. The van der Waals surface area contributed by atoms with Gasteiger partial charge in [-0.2, -0.15) is 0 Å². The molecule has 3 aromatic rings. The normalized spacial score (nSPS) is 12.8. The number of aliphatic hydroxyl groups is 1. The molecule has 2 aromatic carbocycles. The second kappa shape index (κ2) is 4.88. The van der Waals surface area contributed by atoms with Crippen LogP contribution in [0.3, 0.4) is 0 Å². The van der Waals surface area contributed by atoms with Crippen molar-refractivity contribution in [3.63, 3.8) is 0 Å². The largest absolute Gasteiger partial charge is 0.384 e. The van der Waals surface area contributed by atoms with Crippen molar-refractivity contribution in [2.24, 2.45) is 0 Å². The van der Waals surface area contributed by atoms with Crippen LogP contribution in [0.4, 0.5) is 4.39 Å². The molecule has 1 heterocycles. The Hall–Kier alpha value is -1.92. The lowest BCUT2D eigenvalue weighted by Crippen LogP contribution is -2.01. The minimum absolute atomic E-state index is 0.307. The number of hydrogen-bond acceptors (Lipinski definition) is 2. The molecule has 0 bridgehead atoms. The van der Waals surface area contributed by atoms with Gasteiger partial charge in [0.05, 0.1) is 11.0 Å². The smallest absolute Gasteiger partial charge is 0.323 e. The van der Waals surface area contributed by atoms with E-state index in [1.165, 1.54) is 12.1 Å². The van der Waals surface area contributed by atoms with Crippen molar-refractivity contribution in [3.8, 4) is 0 Å². The zero-order valence-electron chi connectivity index (χ0n) is 10.2. The van der Waals surface area contributed by atoms with Gasteiger partial charge in [0.1, 0.15) is 11.9 Å². The zero-order chi connectivity index (χ0) is 14.3. The number of halogens is 2. The lowest BCUT2D eigenvalue weighted by molar-refractivity contribution is 0.219. The fraction of sp³-hybridized carbons (Fsp3) is 0.0714. The van der Waals surface area contributed by atoms with Crippen molar-refractivity contribution < 1.29 is 9.50 Å². The maximum Gasteiger partial charge on any atom is 0.323 e. The minimum atomic E-state index is -0.983. The molecule has 6 heteroatoms. The Balaban J connectivity index is 2.09. The maximum atomic E-state index is 13.3. The molecule has 0 aliphatic carbocycles. The summed E-state index contributed by atoms with van der Waals surface area (Å²) >= 11 is 3.29. The first kappa shape index (κ1) is 13.1. The Morgan fingerprint density at radius 3 is 2.65 bits per heavy atom. The molecular weight excluding hydrogens is 327 g/mol. The van der Waals surface area contributed by atoms with Gasteiger partial charge in [-0.05, 0) is 35.9 Å². The van der Waals surface area contributed by atoms with E-state index in [-0.39, 0.29) is 5.69 Å². The van der Waals surface area contributed by atoms with Gasteiger partial charge in [0.15, 0.2) is 0 Å². The predicted molar refractivity (Wildman–Crippen MR) is 77.1 cm³/mol. The summed E-state index contributed by atoms with van der Waals surface area (Å²) < 4.78 is 13.9. The second-order valence-corrected chi connectivity index (χ2v) is 5.31. The van der Waals surface area contributed by atoms with Gasteiger partial charge in [0, 0.05) is 10.0 Å². The Labute approximate surface area is 121 Å². The summed E-state index contributed by atoms with van der Waals surface area (Å²) in [6.45, 7) is 0. The molecule has 0 spiro atoms. The van der Waals surface area contributed by atoms with Crippen LogP contribution in [0, 0.1) is 5.82 Å². The fourth-order valence-corrected chi connectivity index (χ4v) is 2.59. The molecule has 1 aromatic heterocycles. The van der Waals surface area contributed by atoms with Gasteiger partial charge in [-0.3, -0.25) is 0 Å². The third kappa shape index (κ3) is 2.28. The number of nitrogens with one attached hydrogen (secondary N) is 2. The van der Waals surface area contributed by atoms with E-state index in [1.54, 1.807) is 24.3 Å². The van der Waals surface area contributed by atoms with Crippen LogP contribution >= 0.6 is 15.9 Å². The summed E-state index contributed by atoms with van der Waals surface area (Å²) in [6.07, 6.45) is -0.983. The van der Waals surface area contributed by atoms with Crippen molar-refractivity contribution in [1.82, 2.24) is 9.97 Å². The molecule has 0 radical (unpaired) electrons. The first-order valence-electron chi connectivity index (χ1n) is 5.89. The van der Waals surface area contributed by atoms with E-state index < -0.39 is 11.9 Å². The van der Waals surface area contributed by atoms with Crippen LogP contribution in [0.15, 0.2) is 45.7 Å². The molecule has 0 saturated carbocycles. The van der Waals surface area contributed by atoms with Crippen molar-refractivity contribution in [2.45, 2.75) is 6.10 Å². The van der Waals surface area contributed by atoms with E-state index >= 15 is 0 Å². The minimum Gasteiger partial charge on any atom is -0.384 e. The maximum absolute atomic E-state index is 13.3. The Bertz CT molecular complexity index is 841. The van der Waals surface area contributed by atoms with Crippen LogP contribution in [-0.4, -0.2) is 15.1 Å². The van der Waals surface area contributed by atoms with E-state index in [0.717, 1.165) is 0 Å². The lowest BCUT2D eigenvalue weighted by atomic mass is 10.0. The second-order valence-electron chi connectivity index (χ2n) is 4.45. The summed E-state index contributed by atoms with van der Waals surface area (Å²) in [5.41, 5.74) is 1.95. The molecule has 3 N–H and O–H groups in total. The number of aliphatic hydroxyl groups excluding tert-OH is 1. The first-order valence-corrected chi connectivity index (χ1v) is 6.69. The van der Waals surface area contributed by atoms with Crippen molar-refractivity contribution in [3.05, 3.63) is 68.3 Å². The molecule has 0 aliphatic rings. The Morgan fingerprint density at radius 1 is 1.10 bits per heavy atom. The van der Waals surface area contributed by atoms with E-state index in [9.17, 15) is 14.3 Å². The number of imidazole rings is 1. The van der Waals surface area contributed by atoms with Crippen LogP contribution in [0.5, 0.6) is 0 Å². The molecular formula is C14H10BrFN2O2. The average Bonchev–Trinajstić information content (AvgIpc) is 2.79. The molecule has 3 rings (SSSR count). The Morgan fingerprint density at radius 2 is 1.85 bits per heavy atom. The van der Waals surface area contributed by atoms with Gasteiger partial charge < -0.3 is 15.1 Å². The van der Waals surface area contributed by atoms with Gasteiger partial charge >= 0.3 is 5.69 Å². The van der Waals surface area contributed by atoms with Gasteiger partial charge in [-0.1, -0.05) is 22.0 Å². The number of H-pyrrole nitrogens is 2. The summed E-state index contributed by atoms with van der Waals surface area (Å²) in [6, 6.07) is 9.18. The average molecular weight is 337 g/mol. The summed E-state index contributed by atoms with van der Waals surface area (Å²) in [4.78, 5) is 16.5. The summed E-state index contributed by atoms with van der Waals surface area (Å²) in [7, 11) is 0. The van der Waals surface area contributed by atoms with Crippen molar-refractivity contribution in [2.75, 3.05) is 0 Å². The monoisotopic (exact) mass is 336 g/mol. The highest BCUT2D eigenvalue weighted by atomic mass is 79.9. The van der Waals surface area contributed by atoms with Crippen molar-refractivity contribution in [1.29, 1.82) is 0 Å². The van der Waals surface area contributed by atoms with E-state index in [4.69, 9.17) is 0 Å². The van der Waals surface area contributed by atoms with E-state index in [0.29, 0.717) is 26.6 Å². The number of aromatic nitrogens is 2. The van der Waals surface area contributed by atoms with Crippen LogP contribution < -0.4 is 5.69 Å². The predicted octanol–water partition coefficient (Wildman–Crippen LogP) is 2.84. The van der Waals surface area contributed by atoms with Crippen LogP contribution in [-0.2, 0) is 0 Å². The van der Waals surface area contributed by atoms with Crippen LogP contribution in [0.1, 0.15) is 17.2 Å². The third-order valence-corrected chi connectivity index (χ3v) is 3.83. The number of hydrogen-bond donors (Lipinski definition) is 3. The highest BCUT2D eigenvalue weighted by Crippen LogP contribution is 2.30. The SMILES string of the molecule is O=c1[nH]c2ccc(C(O)c3cc(F)ccc3Br)cc2[nH]1. The molecule has 1 atom stereocenters. The molecule has 0 aliphatic heterocycles. The van der Waals surface area contributed by atoms with Gasteiger partial charge in [-0.25, -0.2) is 9.18 Å².